The van der Waals surface area contributed by atoms with E-state index in [2.05, 4.69) is 22.4 Å². The van der Waals surface area contributed by atoms with Crippen LogP contribution in [0.4, 0.5) is 11.5 Å². The zero-order valence-electron chi connectivity index (χ0n) is 11.5. The molecule has 4 heteroatoms. The lowest BCUT2D eigenvalue weighted by molar-refractivity contribution is 1.07. The normalized spacial score (nSPS) is 10.7. The van der Waals surface area contributed by atoms with Gasteiger partial charge in [0.05, 0.1) is 11.9 Å². The standard InChI is InChI=1S/C15H18N4/c1-12-4-7-14(8-5-12)18-17-11-13-6-9-15(16-10-13)19(2)3/h4-11,18H,1-3H3/b17-11+. The summed E-state index contributed by atoms with van der Waals surface area (Å²) >= 11 is 0. The van der Waals surface area contributed by atoms with Crippen LogP contribution in [0.15, 0.2) is 47.7 Å². The molecule has 1 aromatic heterocycles. The third kappa shape index (κ3) is 3.81. The van der Waals surface area contributed by atoms with Crippen LogP contribution < -0.4 is 10.3 Å². The largest absolute Gasteiger partial charge is 0.363 e. The van der Waals surface area contributed by atoms with Crippen molar-refractivity contribution in [1.82, 2.24) is 4.98 Å². The number of aromatic nitrogens is 1. The lowest BCUT2D eigenvalue weighted by Crippen LogP contribution is -2.10. The molecule has 0 saturated carbocycles. The van der Waals surface area contributed by atoms with Crippen molar-refractivity contribution in [2.24, 2.45) is 5.10 Å². The van der Waals surface area contributed by atoms with E-state index in [4.69, 9.17) is 0 Å². The minimum Gasteiger partial charge on any atom is -0.363 e. The molecule has 0 radical (unpaired) electrons. The number of nitrogens with zero attached hydrogens (tertiary/aromatic N) is 3. The third-order valence-electron chi connectivity index (χ3n) is 2.69. The zero-order chi connectivity index (χ0) is 13.7. The topological polar surface area (TPSA) is 40.5 Å². The Balaban J connectivity index is 1.97. The maximum absolute atomic E-state index is 4.32. The van der Waals surface area contributed by atoms with Gasteiger partial charge >= 0.3 is 0 Å². The summed E-state index contributed by atoms with van der Waals surface area (Å²) in [5.74, 6) is 0.934. The fourth-order valence-corrected chi connectivity index (χ4v) is 1.55. The SMILES string of the molecule is Cc1ccc(N/N=C/c2ccc(N(C)C)nc2)cc1. The van der Waals surface area contributed by atoms with Gasteiger partial charge in [-0.1, -0.05) is 17.7 Å². The van der Waals surface area contributed by atoms with Gasteiger partial charge in [0.25, 0.3) is 0 Å². The van der Waals surface area contributed by atoms with Crippen LogP contribution in [0.5, 0.6) is 0 Å². The van der Waals surface area contributed by atoms with Gasteiger partial charge in [-0.05, 0) is 31.2 Å². The first kappa shape index (κ1) is 13.1. The number of aryl methyl sites for hydroxylation is 1. The number of nitrogens with one attached hydrogen (secondary N) is 1. The summed E-state index contributed by atoms with van der Waals surface area (Å²) < 4.78 is 0. The van der Waals surface area contributed by atoms with Crippen LogP contribution in [0, 0.1) is 6.92 Å². The Morgan fingerprint density at radius 1 is 1.11 bits per heavy atom. The maximum Gasteiger partial charge on any atom is 0.127 e. The first-order chi connectivity index (χ1) is 9.15. The summed E-state index contributed by atoms with van der Waals surface area (Å²) in [6.45, 7) is 2.06. The number of hydrazone groups is 1. The molecular formula is C15H18N4. The van der Waals surface area contributed by atoms with Gasteiger partial charge in [-0.15, -0.1) is 0 Å². The second-order valence-electron chi connectivity index (χ2n) is 4.58. The van der Waals surface area contributed by atoms with Crippen LogP contribution in [0.25, 0.3) is 0 Å². The van der Waals surface area contributed by atoms with Gasteiger partial charge in [0.1, 0.15) is 5.82 Å². The van der Waals surface area contributed by atoms with E-state index in [1.165, 1.54) is 5.56 Å². The van der Waals surface area contributed by atoms with E-state index in [-0.39, 0.29) is 0 Å². The van der Waals surface area contributed by atoms with E-state index < -0.39 is 0 Å². The third-order valence-corrected chi connectivity index (χ3v) is 2.69. The number of pyridine rings is 1. The van der Waals surface area contributed by atoms with E-state index in [0.717, 1.165) is 17.1 Å². The predicted molar refractivity (Wildman–Crippen MR) is 81.0 cm³/mol. The van der Waals surface area contributed by atoms with Gasteiger partial charge in [0.15, 0.2) is 0 Å². The Morgan fingerprint density at radius 3 is 2.42 bits per heavy atom. The Kier molecular flexibility index (Phi) is 4.13. The van der Waals surface area contributed by atoms with Crippen molar-refractivity contribution in [2.45, 2.75) is 6.92 Å². The molecule has 0 bridgehead atoms. The molecule has 0 unspecified atom stereocenters. The molecule has 0 aliphatic carbocycles. The van der Waals surface area contributed by atoms with E-state index >= 15 is 0 Å². The molecule has 0 amide bonds. The van der Waals surface area contributed by atoms with Crippen molar-refractivity contribution in [3.63, 3.8) is 0 Å². The van der Waals surface area contributed by atoms with Gasteiger partial charge in [0.2, 0.25) is 0 Å². The van der Waals surface area contributed by atoms with Crippen LogP contribution >= 0.6 is 0 Å². The van der Waals surface area contributed by atoms with E-state index in [0.29, 0.717) is 0 Å². The molecule has 0 aliphatic heterocycles. The second-order valence-corrected chi connectivity index (χ2v) is 4.58. The monoisotopic (exact) mass is 254 g/mol. The summed E-state index contributed by atoms with van der Waals surface area (Å²) in [6, 6.07) is 12.0. The highest BCUT2D eigenvalue weighted by Gasteiger charge is 1.95. The summed E-state index contributed by atoms with van der Waals surface area (Å²) in [4.78, 5) is 6.29. The average molecular weight is 254 g/mol. The molecule has 4 nitrogen and oxygen atoms in total. The number of hydrogen-bond donors (Lipinski definition) is 1. The van der Waals surface area contributed by atoms with Gasteiger partial charge in [-0.2, -0.15) is 5.10 Å². The van der Waals surface area contributed by atoms with Gasteiger partial charge < -0.3 is 4.90 Å². The van der Waals surface area contributed by atoms with Crippen LogP contribution in [0.3, 0.4) is 0 Å². The summed E-state index contributed by atoms with van der Waals surface area (Å²) in [6.07, 6.45) is 3.56. The lowest BCUT2D eigenvalue weighted by Gasteiger charge is -2.10. The van der Waals surface area contributed by atoms with E-state index in [1.807, 2.05) is 55.4 Å². The Labute approximate surface area is 113 Å². The molecule has 19 heavy (non-hydrogen) atoms. The van der Waals surface area contributed by atoms with Crippen molar-refractivity contribution in [3.8, 4) is 0 Å². The Hall–Kier alpha value is -2.36. The van der Waals surface area contributed by atoms with Gasteiger partial charge in [-0.25, -0.2) is 4.98 Å². The van der Waals surface area contributed by atoms with Crippen LogP contribution in [-0.4, -0.2) is 25.3 Å². The van der Waals surface area contributed by atoms with Crippen molar-refractivity contribution in [1.29, 1.82) is 0 Å². The highest BCUT2D eigenvalue weighted by atomic mass is 15.3. The number of hydrogen-bond acceptors (Lipinski definition) is 4. The smallest absolute Gasteiger partial charge is 0.127 e. The lowest BCUT2D eigenvalue weighted by atomic mass is 10.2. The first-order valence-electron chi connectivity index (χ1n) is 6.14. The summed E-state index contributed by atoms with van der Waals surface area (Å²) in [5, 5.41) is 4.19. The minimum atomic E-state index is 0.934. The fourth-order valence-electron chi connectivity index (χ4n) is 1.55. The minimum absolute atomic E-state index is 0.934. The molecule has 0 saturated heterocycles. The summed E-state index contributed by atoms with van der Waals surface area (Å²) in [5.41, 5.74) is 6.16. The van der Waals surface area contributed by atoms with Crippen molar-refractivity contribution >= 4 is 17.7 Å². The van der Waals surface area contributed by atoms with Crippen LogP contribution in [0.1, 0.15) is 11.1 Å². The molecule has 98 valence electrons. The molecule has 1 aromatic carbocycles. The Morgan fingerprint density at radius 2 is 1.84 bits per heavy atom. The number of rotatable bonds is 4. The number of benzene rings is 1. The molecular weight excluding hydrogens is 236 g/mol. The zero-order valence-corrected chi connectivity index (χ0v) is 11.5. The van der Waals surface area contributed by atoms with Crippen LogP contribution in [-0.2, 0) is 0 Å². The highest BCUT2D eigenvalue weighted by molar-refractivity contribution is 5.80. The Bertz CT molecular complexity index is 541. The molecule has 2 rings (SSSR count). The molecule has 0 fully saturated rings. The van der Waals surface area contributed by atoms with Gasteiger partial charge in [-0.3, -0.25) is 5.43 Å². The predicted octanol–water partition coefficient (Wildman–Crippen LogP) is 2.90. The average Bonchev–Trinajstić information content (AvgIpc) is 2.41. The van der Waals surface area contributed by atoms with E-state index in [1.54, 1.807) is 12.4 Å². The highest BCUT2D eigenvalue weighted by Crippen LogP contribution is 2.09. The molecule has 1 heterocycles. The first-order valence-corrected chi connectivity index (χ1v) is 6.14. The maximum atomic E-state index is 4.32. The molecule has 0 aliphatic rings. The molecule has 1 N–H and O–H groups in total. The van der Waals surface area contributed by atoms with E-state index in [9.17, 15) is 0 Å². The molecule has 2 aromatic rings. The summed E-state index contributed by atoms with van der Waals surface area (Å²) in [7, 11) is 3.93. The fraction of sp³-hybridized carbons (Fsp3) is 0.200. The number of anilines is 2. The van der Waals surface area contributed by atoms with Crippen molar-refractivity contribution in [2.75, 3.05) is 24.4 Å². The quantitative estimate of drug-likeness (QED) is 0.673. The van der Waals surface area contributed by atoms with Crippen LogP contribution in [0.2, 0.25) is 0 Å². The second kappa shape index (κ2) is 6.00. The van der Waals surface area contributed by atoms with Gasteiger partial charge in [0, 0.05) is 25.9 Å². The molecule has 0 spiro atoms. The van der Waals surface area contributed by atoms with Crippen molar-refractivity contribution in [3.05, 3.63) is 53.7 Å². The molecule has 0 atom stereocenters. The van der Waals surface area contributed by atoms with Crippen molar-refractivity contribution < 1.29 is 0 Å².